The number of nitrogens with zero attached hydrogens (tertiary/aromatic N) is 14. The third-order valence-electron chi connectivity index (χ3n) is 31.6. The standard InChI is InChI=1S/C25H34ClN5O3.C24H30Cl2N4O3.C24H30ClFN4O3.C23H30ClN5O3/c1-24(2)16-10-20(24)25(3,34)21(11-16)29-18-12-28-31(23(33)22(18)26)14-17(32)7-6-15-8-9-27-13-19(15)30(4)5;1-13(16-5-6-27-10-17(16)25)7-15(31)12-30-22(32)21(26)18(11-28-30)29-20-9-14-8-19(23(14,2)3)24(20,4)33;1-13(14-5-6-27-20(26)8-14)7-16(31)12-30-22(32)21(25)17(11-28-30)29-19-10-15-9-18(23(15,2)3)24(19,4)33;1-13(14-5-6-25-26-10-14)7-16(30)12-29-21(31)20(24)17(11-27-29)28-19-9-15-8-18(22(15,2)3)23(19,4)32/h8-9,12-13,16,20-21,29,34H,6-7,10-11,14H2,1-5H3;5-6,10-11,13-14,19-20,29,33H,7-9,12H2,1-4H3;5-6,8,11,13,15,18-19,29,33H,7,9-10,12H2,1-4H3;5-6,10-11,13,15,18-19,28,32H,7-9,12H2,1-4H3/t16-,20-,21+,25-;13?,14-,19-,20+,24-;13?,15-,18-,19+,24-;13?,15-,18-,19+,23-/m0000/s1. The van der Waals surface area contributed by atoms with Gasteiger partial charge in [-0.15, -0.1) is 0 Å². The van der Waals surface area contributed by atoms with E-state index >= 15 is 0 Å². The van der Waals surface area contributed by atoms with Crippen LogP contribution in [-0.2, 0) is 51.8 Å². The van der Waals surface area contributed by atoms with Crippen LogP contribution in [0.15, 0.2) is 118 Å². The number of carbonyl (C=O) groups excluding carboxylic acids is 4. The zero-order valence-corrected chi connectivity index (χ0v) is 81.8. The van der Waals surface area contributed by atoms with Crippen molar-refractivity contribution in [1.29, 1.82) is 0 Å². The smallest absolute Gasteiger partial charge is 0.288 e. The Balaban J connectivity index is 0.000000150. The van der Waals surface area contributed by atoms with Gasteiger partial charge in [0, 0.05) is 70.8 Å². The van der Waals surface area contributed by atoms with Crippen molar-refractivity contribution < 1.29 is 44.0 Å². The van der Waals surface area contributed by atoms with E-state index in [9.17, 15) is 63.2 Å². The van der Waals surface area contributed by atoms with E-state index in [0.717, 1.165) is 92.5 Å². The van der Waals surface area contributed by atoms with E-state index in [1.807, 2.05) is 79.6 Å². The van der Waals surface area contributed by atoms with Gasteiger partial charge in [0.2, 0.25) is 5.95 Å². The molecule has 8 bridgehead atoms. The number of aliphatic hydroxyl groups is 4. The molecule has 8 heterocycles. The Morgan fingerprint density at radius 1 is 0.432 bits per heavy atom. The lowest BCUT2D eigenvalue weighted by atomic mass is 9.43. The molecule has 8 aromatic rings. The Labute approximate surface area is 793 Å². The number of carbonyl (C=O) groups is 4. The van der Waals surface area contributed by atoms with Gasteiger partial charge < -0.3 is 46.6 Å². The summed E-state index contributed by atoms with van der Waals surface area (Å²) in [7, 11) is 3.86. The highest BCUT2D eigenvalue weighted by Crippen LogP contribution is 2.67. The minimum absolute atomic E-state index is 0.0128. The SMILES string of the molecule is CC(CC(=O)Cn1ncc(N[C@@H]2C[C@@H]3C[C@@H](C3(C)C)[C@]2(C)O)c(Cl)c1=O)c1ccnc(F)c1.CC(CC(=O)Cn1ncc(N[C@@H]2C[C@@H]3C[C@@H](C3(C)C)[C@]2(C)O)c(Cl)c1=O)c1ccncc1Cl.CC(CC(=O)Cn1ncc(N[C@@H]2C[C@@H]3C[C@@H](C3(C)C)[C@]2(C)O)c(Cl)c1=O)c1ccnnc1.CN(C)c1cnccc1CCC(=O)Cn1ncc(N[C@@H]2C[C@@H]3C[C@@H](C3(C)C)[C@]2(C)O)c(Cl)c1=O. The van der Waals surface area contributed by atoms with Crippen LogP contribution >= 0.6 is 58.0 Å². The highest BCUT2D eigenvalue weighted by atomic mass is 35.5. The lowest BCUT2D eigenvalue weighted by Gasteiger charge is -2.65. The number of ketones is 4. The van der Waals surface area contributed by atoms with Crippen molar-refractivity contribution in [2.75, 3.05) is 40.3 Å². The molecule has 19 atom stereocenters. The zero-order chi connectivity index (χ0) is 96.4. The summed E-state index contributed by atoms with van der Waals surface area (Å²) in [5.74, 6) is 1.18. The van der Waals surface area contributed by atoms with Gasteiger partial charge >= 0.3 is 0 Å². The molecule has 8 N–H and O–H groups in total. The van der Waals surface area contributed by atoms with Crippen LogP contribution in [-0.4, -0.2) is 168 Å². The maximum atomic E-state index is 13.3. The summed E-state index contributed by atoms with van der Waals surface area (Å²) >= 11 is 31.6. The first-order chi connectivity index (χ1) is 61.8. The number of hydrogen-bond donors (Lipinski definition) is 8. The predicted molar refractivity (Wildman–Crippen MR) is 508 cm³/mol. The Bertz CT molecular complexity index is 5890. The molecule has 0 saturated heterocycles. The first-order valence-corrected chi connectivity index (χ1v) is 47.3. The van der Waals surface area contributed by atoms with Gasteiger partial charge in [-0.25, -0.2) is 23.7 Å². The first kappa shape index (κ1) is 100. The molecule has 12 aliphatic carbocycles. The summed E-state index contributed by atoms with van der Waals surface area (Å²) in [6, 6.07) is 7.56. The molecule has 0 aliphatic heterocycles. The van der Waals surface area contributed by atoms with E-state index in [1.54, 1.807) is 49.3 Å². The Hall–Kier alpha value is -9.05. The Morgan fingerprint density at radius 3 is 1.09 bits per heavy atom. The third-order valence-corrected chi connectivity index (χ3v) is 33.4. The normalized spacial score (nSPS) is 28.4. The number of Topliss-reactive ketones (excluding diaryl/α,β-unsaturated/α-hetero) is 4. The van der Waals surface area contributed by atoms with Crippen molar-refractivity contribution in [3.8, 4) is 0 Å². The fraction of sp³-hybridized carbons (Fsp3) is 0.594. The summed E-state index contributed by atoms with van der Waals surface area (Å²) in [6.07, 6.45) is 25.7. The van der Waals surface area contributed by atoms with Gasteiger partial charge in [-0.2, -0.15) is 35.0 Å². The van der Waals surface area contributed by atoms with Gasteiger partial charge in [0.25, 0.3) is 22.2 Å². The molecule has 8 aromatic heterocycles. The highest BCUT2D eigenvalue weighted by Gasteiger charge is 2.66. The molecule has 12 aliphatic rings. The Kier molecular flexibility index (Phi) is 29.6. The minimum Gasteiger partial charge on any atom is -0.388 e. The zero-order valence-electron chi connectivity index (χ0n) is 78.0. The van der Waals surface area contributed by atoms with E-state index in [1.165, 1.54) is 37.1 Å². The molecule has 12 saturated carbocycles. The maximum absolute atomic E-state index is 13.3. The lowest BCUT2D eigenvalue weighted by molar-refractivity contribution is -0.199. The van der Waals surface area contributed by atoms with Gasteiger partial charge in [-0.1, -0.05) is 134 Å². The number of anilines is 5. The fourth-order valence-electron chi connectivity index (χ4n) is 22.7. The van der Waals surface area contributed by atoms with Crippen LogP contribution in [0.1, 0.15) is 221 Å². The van der Waals surface area contributed by atoms with Crippen molar-refractivity contribution in [3.63, 3.8) is 0 Å². The summed E-state index contributed by atoms with van der Waals surface area (Å²) < 4.78 is 17.6. The molecule has 12 fully saturated rings. The second-order valence-corrected chi connectivity index (χ2v) is 43.5. The monoisotopic (exact) mass is 1910 g/mol. The number of aryl methyl sites for hydroxylation is 1. The van der Waals surface area contributed by atoms with Crippen LogP contribution in [0.3, 0.4) is 0 Å². The second kappa shape index (κ2) is 39.0. The molecule has 0 aromatic carbocycles. The van der Waals surface area contributed by atoms with Crippen LogP contribution in [0.25, 0.3) is 0 Å². The van der Waals surface area contributed by atoms with Gasteiger partial charge in [-0.05, 0) is 225 Å². The van der Waals surface area contributed by atoms with E-state index in [2.05, 4.69) is 122 Å². The fourth-order valence-corrected chi connectivity index (χ4v) is 23.8. The quantitative estimate of drug-likeness (QED) is 0.0202. The van der Waals surface area contributed by atoms with Crippen LogP contribution < -0.4 is 48.4 Å². The molecule has 0 amide bonds. The van der Waals surface area contributed by atoms with Gasteiger partial charge in [0.1, 0.15) is 46.3 Å². The van der Waals surface area contributed by atoms with Gasteiger partial charge in [0.05, 0.1) is 117 Å². The van der Waals surface area contributed by atoms with E-state index in [4.69, 9.17) is 58.0 Å². The van der Waals surface area contributed by atoms with Gasteiger partial charge in [-0.3, -0.25) is 48.3 Å². The highest BCUT2D eigenvalue weighted by molar-refractivity contribution is 6.34. The van der Waals surface area contributed by atoms with Crippen LogP contribution in [0.4, 0.5) is 32.8 Å². The number of nitrogens with one attached hydrogen (secondary N) is 4. The number of hydrogen-bond acceptors (Lipinski definition) is 26. The molecule has 0 spiro atoms. The average Bonchev–Trinajstić information content (AvgIpc) is 0.718. The molecule has 20 rings (SSSR count). The van der Waals surface area contributed by atoms with Crippen molar-refractivity contribution in [2.45, 2.75) is 278 Å². The predicted octanol–water partition coefficient (Wildman–Crippen LogP) is 14.3. The first-order valence-electron chi connectivity index (χ1n) is 45.4. The third kappa shape index (κ3) is 20.4. The molecule has 132 heavy (non-hydrogen) atoms. The molecule has 0 radical (unpaired) electrons. The molecular weight excluding hydrogens is 1790 g/mol. The number of fused-ring (bicyclic) bond motifs is 8. The maximum Gasteiger partial charge on any atom is 0.288 e. The molecule has 3 unspecified atom stereocenters. The lowest BCUT2D eigenvalue weighted by Crippen LogP contribution is -2.68. The van der Waals surface area contributed by atoms with Crippen molar-refractivity contribution in [2.24, 2.45) is 69.0 Å². The summed E-state index contributed by atoms with van der Waals surface area (Å²) in [5.41, 5.74) is 0.491. The average molecular weight is 1920 g/mol. The Morgan fingerprint density at radius 2 is 0.765 bits per heavy atom. The molecule has 30 nitrogen and oxygen atoms in total. The molecule has 712 valence electrons. The van der Waals surface area contributed by atoms with Crippen LogP contribution in [0.2, 0.25) is 25.1 Å². The minimum atomic E-state index is -0.936. The van der Waals surface area contributed by atoms with Crippen molar-refractivity contribution in [1.82, 2.24) is 64.3 Å². The number of pyridine rings is 3. The van der Waals surface area contributed by atoms with E-state index in [0.29, 0.717) is 63.4 Å². The number of aromatic nitrogens is 13. The molecule has 36 heteroatoms. The van der Waals surface area contributed by atoms with E-state index < -0.39 is 50.6 Å². The number of rotatable bonds is 29. The van der Waals surface area contributed by atoms with Crippen molar-refractivity contribution >= 4 is 110 Å². The largest absolute Gasteiger partial charge is 0.388 e. The molecular formula is C96H124Cl5FN18O12. The van der Waals surface area contributed by atoms with Gasteiger partial charge in [0.15, 0.2) is 23.1 Å². The summed E-state index contributed by atoms with van der Waals surface area (Å²) in [6.45, 7) is 29.9. The van der Waals surface area contributed by atoms with Crippen LogP contribution in [0, 0.1) is 75.0 Å². The van der Waals surface area contributed by atoms with E-state index in [-0.39, 0.29) is 182 Å². The summed E-state index contributed by atoms with van der Waals surface area (Å²) in [4.78, 5) is 115. The second-order valence-electron chi connectivity index (χ2n) is 41.6. The summed E-state index contributed by atoms with van der Waals surface area (Å²) in [5, 5.41) is 82.4. The van der Waals surface area contributed by atoms with Crippen molar-refractivity contribution in [3.05, 3.63) is 193 Å². The van der Waals surface area contributed by atoms with Crippen LogP contribution in [0.5, 0.6) is 0 Å². The number of halogens is 6. The topological polar surface area (TPSA) is 405 Å².